The van der Waals surface area contributed by atoms with Gasteiger partial charge in [0.2, 0.25) is 0 Å². The Morgan fingerprint density at radius 1 is 1.27 bits per heavy atom. The van der Waals surface area contributed by atoms with Crippen molar-refractivity contribution in [2.24, 2.45) is 7.05 Å². The Hall–Kier alpha value is -2.28. The summed E-state index contributed by atoms with van der Waals surface area (Å²) in [6.45, 7) is 7.65. The van der Waals surface area contributed by atoms with Crippen molar-refractivity contribution in [1.82, 2.24) is 9.88 Å². The van der Waals surface area contributed by atoms with E-state index in [0.29, 0.717) is 11.3 Å². The molecule has 6 nitrogen and oxygen atoms in total. The highest BCUT2D eigenvalue weighted by molar-refractivity contribution is 9.10. The first kappa shape index (κ1) is 22.4. The molecule has 1 aliphatic carbocycles. The van der Waals surface area contributed by atoms with Crippen LogP contribution in [0.5, 0.6) is 0 Å². The molecule has 1 aromatic heterocycles. The van der Waals surface area contributed by atoms with E-state index in [2.05, 4.69) is 33.4 Å². The van der Waals surface area contributed by atoms with Crippen molar-refractivity contribution in [1.29, 1.82) is 0 Å². The van der Waals surface area contributed by atoms with Gasteiger partial charge in [0, 0.05) is 16.9 Å². The van der Waals surface area contributed by atoms with E-state index in [1.54, 1.807) is 6.92 Å². The van der Waals surface area contributed by atoms with Gasteiger partial charge in [-0.05, 0) is 70.2 Å². The number of halogens is 1. The molecule has 1 N–H and O–H groups in total. The molecule has 1 aromatic carbocycles. The molecule has 0 spiro atoms. The molecule has 0 aliphatic heterocycles. The molecule has 0 bridgehead atoms. The van der Waals surface area contributed by atoms with Crippen molar-refractivity contribution in [2.45, 2.75) is 59.1 Å². The first-order valence-electron chi connectivity index (χ1n) is 10.3. The van der Waals surface area contributed by atoms with Crippen LogP contribution >= 0.6 is 15.9 Å². The predicted molar refractivity (Wildman–Crippen MR) is 121 cm³/mol. The van der Waals surface area contributed by atoms with Crippen molar-refractivity contribution < 1.29 is 19.1 Å². The number of nitrogens with one attached hydrogen (secondary N) is 1. The number of carbonyl (C=O) groups excluding carboxylic acids is 2. The topological polar surface area (TPSA) is 69.6 Å². The number of fused-ring (bicyclic) bond motifs is 1. The van der Waals surface area contributed by atoms with Gasteiger partial charge in [-0.3, -0.25) is 0 Å². The van der Waals surface area contributed by atoms with Crippen molar-refractivity contribution >= 4 is 44.5 Å². The smallest absolute Gasteiger partial charge is 0.407 e. The maximum Gasteiger partial charge on any atom is 0.407 e. The van der Waals surface area contributed by atoms with Crippen LogP contribution < -0.4 is 5.32 Å². The minimum Gasteiger partial charge on any atom is -0.462 e. The number of allylic oxidation sites excluding steroid dienone is 2. The monoisotopic (exact) mass is 476 g/mol. The maximum absolute atomic E-state index is 12.9. The Morgan fingerprint density at radius 3 is 2.60 bits per heavy atom. The van der Waals surface area contributed by atoms with Gasteiger partial charge in [-0.2, -0.15) is 0 Å². The summed E-state index contributed by atoms with van der Waals surface area (Å²) in [5, 5.41) is 3.59. The second-order valence-electron chi connectivity index (χ2n) is 8.43. The highest BCUT2D eigenvalue weighted by atomic mass is 79.9. The molecule has 1 amide bonds. The molecule has 0 atom stereocenters. The number of aromatic nitrogens is 1. The van der Waals surface area contributed by atoms with Gasteiger partial charge in [0.1, 0.15) is 5.60 Å². The van der Waals surface area contributed by atoms with Crippen LogP contribution in [0.25, 0.3) is 16.5 Å². The number of benzene rings is 1. The lowest BCUT2D eigenvalue weighted by molar-refractivity contribution is 0.0502. The van der Waals surface area contributed by atoms with E-state index in [1.165, 1.54) is 5.57 Å². The summed E-state index contributed by atoms with van der Waals surface area (Å²) in [4.78, 5) is 25.1. The number of hydrogen-bond acceptors (Lipinski definition) is 4. The lowest BCUT2D eigenvalue weighted by Gasteiger charge is -2.20. The van der Waals surface area contributed by atoms with E-state index in [0.717, 1.165) is 40.2 Å². The van der Waals surface area contributed by atoms with E-state index >= 15 is 0 Å². The fourth-order valence-corrected chi connectivity index (χ4v) is 4.36. The second-order valence-corrected chi connectivity index (χ2v) is 9.28. The van der Waals surface area contributed by atoms with Crippen molar-refractivity contribution in [2.75, 3.05) is 6.61 Å². The predicted octanol–water partition coefficient (Wildman–Crippen LogP) is 5.71. The molecule has 0 fully saturated rings. The Kier molecular flexibility index (Phi) is 6.60. The highest BCUT2D eigenvalue weighted by Gasteiger charge is 2.25. The number of amides is 1. The molecule has 1 aliphatic rings. The third-order valence-corrected chi connectivity index (χ3v) is 5.73. The molecule has 7 heteroatoms. The zero-order valence-electron chi connectivity index (χ0n) is 18.2. The number of aryl methyl sites for hydroxylation is 1. The molecular weight excluding hydrogens is 448 g/mol. The Morgan fingerprint density at radius 2 is 2.00 bits per heavy atom. The van der Waals surface area contributed by atoms with Crippen LogP contribution in [0.2, 0.25) is 0 Å². The zero-order valence-corrected chi connectivity index (χ0v) is 19.8. The number of carbonyl (C=O) groups is 2. The first-order chi connectivity index (χ1) is 14.1. The first-order valence-corrected chi connectivity index (χ1v) is 11.1. The second kappa shape index (κ2) is 8.84. The third kappa shape index (κ3) is 4.72. The quantitative estimate of drug-likeness (QED) is 0.561. The van der Waals surface area contributed by atoms with Crippen LogP contribution in [0.1, 0.15) is 68.6 Å². The number of ether oxygens (including phenoxy) is 2. The van der Waals surface area contributed by atoms with Crippen LogP contribution in [0, 0.1) is 0 Å². The Labute approximate surface area is 185 Å². The fourth-order valence-electron chi connectivity index (χ4n) is 3.78. The van der Waals surface area contributed by atoms with Crippen LogP contribution in [-0.4, -0.2) is 28.8 Å². The van der Waals surface area contributed by atoms with E-state index in [4.69, 9.17) is 9.47 Å². The summed E-state index contributed by atoms with van der Waals surface area (Å²) >= 11 is 3.70. The van der Waals surface area contributed by atoms with Crippen molar-refractivity contribution in [3.8, 4) is 0 Å². The minimum absolute atomic E-state index is 0.157. The summed E-state index contributed by atoms with van der Waals surface area (Å²) in [6.07, 6.45) is 4.97. The van der Waals surface area contributed by atoms with E-state index in [1.807, 2.05) is 38.5 Å². The highest BCUT2D eigenvalue weighted by Crippen LogP contribution is 2.37. The van der Waals surface area contributed by atoms with Gasteiger partial charge in [-0.25, -0.2) is 9.59 Å². The largest absolute Gasteiger partial charge is 0.462 e. The van der Waals surface area contributed by atoms with Crippen LogP contribution in [-0.2, 0) is 23.1 Å². The molecule has 162 valence electrons. The van der Waals surface area contributed by atoms with E-state index in [9.17, 15) is 9.59 Å². The van der Waals surface area contributed by atoms with Crippen molar-refractivity contribution in [3.05, 3.63) is 39.5 Å². The number of alkyl carbamates (subject to hydrolysis) is 1. The number of hydrogen-bond donors (Lipinski definition) is 1. The molecule has 0 saturated heterocycles. The molecule has 0 unspecified atom stereocenters. The number of nitrogens with zero attached hydrogens (tertiary/aromatic N) is 1. The van der Waals surface area contributed by atoms with Gasteiger partial charge in [0.25, 0.3) is 0 Å². The molecule has 1 heterocycles. The summed E-state index contributed by atoms with van der Waals surface area (Å²) in [6, 6.07) is 4.09. The Bertz CT molecular complexity index is 1010. The summed E-state index contributed by atoms with van der Waals surface area (Å²) in [7, 11) is 1.89. The average molecular weight is 477 g/mol. The average Bonchev–Trinajstić information content (AvgIpc) is 3.25. The normalized spacial score (nSPS) is 14.0. The van der Waals surface area contributed by atoms with E-state index in [-0.39, 0.29) is 13.2 Å². The molecular formula is C23H29BrN2O4. The zero-order chi connectivity index (χ0) is 22.1. The standard InChI is InChI=1S/C23H29BrN2O4/c1-6-29-21(27)20-16-11-15(14-9-7-8-10-14)17(24)12-18(16)26(5)19(20)13-25-22(28)30-23(2,3)4/h9,11-12H,6-8,10,13H2,1-5H3,(H,25,28). The van der Waals surface area contributed by atoms with Crippen LogP contribution in [0.4, 0.5) is 4.79 Å². The fraction of sp³-hybridized carbons (Fsp3) is 0.478. The minimum atomic E-state index is -0.595. The molecule has 0 radical (unpaired) electrons. The molecule has 2 aromatic rings. The van der Waals surface area contributed by atoms with Crippen LogP contribution in [0.15, 0.2) is 22.7 Å². The van der Waals surface area contributed by atoms with Crippen molar-refractivity contribution in [3.63, 3.8) is 0 Å². The van der Waals surface area contributed by atoms with Gasteiger partial charge in [0.05, 0.1) is 29.9 Å². The Balaban J connectivity index is 2.06. The third-order valence-electron chi connectivity index (χ3n) is 5.08. The maximum atomic E-state index is 12.9. The SMILES string of the molecule is CCOC(=O)c1c(CNC(=O)OC(C)(C)C)n(C)c2cc(Br)c(C3=CCCC3)cc12. The van der Waals surface area contributed by atoms with Gasteiger partial charge in [-0.15, -0.1) is 0 Å². The van der Waals surface area contributed by atoms with Gasteiger partial charge in [0.15, 0.2) is 0 Å². The summed E-state index contributed by atoms with van der Waals surface area (Å²) < 4.78 is 13.6. The molecule has 30 heavy (non-hydrogen) atoms. The molecule has 0 saturated carbocycles. The van der Waals surface area contributed by atoms with Gasteiger partial charge < -0.3 is 19.4 Å². The summed E-state index contributed by atoms with van der Waals surface area (Å²) in [5.41, 5.74) is 3.85. The van der Waals surface area contributed by atoms with Gasteiger partial charge in [-0.1, -0.05) is 22.0 Å². The summed E-state index contributed by atoms with van der Waals surface area (Å²) in [5.74, 6) is -0.391. The number of rotatable bonds is 5. The van der Waals surface area contributed by atoms with Crippen LogP contribution in [0.3, 0.4) is 0 Å². The lowest BCUT2D eigenvalue weighted by Crippen LogP contribution is -2.33. The van der Waals surface area contributed by atoms with Gasteiger partial charge >= 0.3 is 12.1 Å². The lowest BCUT2D eigenvalue weighted by atomic mass is 10.0. The number of esters is 1. The van der Waals surface area contributed by atoms with E-state index < -0.39 is 17.7 Å². The molecule has 3 rings (SSSR count).